The number of aryl methyl sites for hydroxylation is 2. The number of nitrogens with one attached hydrogen (secondary N) is 2. The van der Waals surface area contributed by atoms with E-state index in [2.05, 4.69) is 15.8 Å². The lowest BCUT2D eigenvalue weighted by atomic mass is 10.1. The van der Waals surface area contributed by atoms with Gasteiger partial charge < -0.3 is 15.0 Å². The van der Waals surface area contributed by atoms with E-state index in [9.17, 15) is 14.4 Å². The average molecular weight is 422 g/mol. The van der Waals surface area contributed by atoms with Crippen molar-refractivity contribution in [3.8, 4) is 5.75 Å². The first-order valence-corrected chi connectivity index (χ1v) is 10.1. The number of hydrogen-bond donors (Lipinski definition) is 2. The molecule has 0 saturated carbocycles. The van der Waals surface area contributed by atoms with Gasteiger partial charge in [0.25, 0.3) is 5.91 Å². The normalized spacial score (nSPS) is 13.3. The Morgan fingerprint density at radius 1 is 1.03 bits per heavy atom. The Bertz CT molecular complexity index is 997. The van der Waals surface area contributed by atoms with Crippen LogP contribution in [0.15, 0.2) is 47.6 Å². The molecule has 0 radical (unpaired) electrons. The van der Waals surface area contributed by atoms with Crippen LogP contribution in [0, 0.1) is 13.8 Å². The Morgan fingerprint density at radius 2 is 1.81 bits per heavy atom. The summed E-state index contributed by atoms with van der Waals surface area (Å²) in [4.78, 5) is 37.8. The Morgan fingerprint density at radius 3 is 2.55 bits per heavy atom. The van der Waals surface area contributed by atoms with Gasteiger partial charge in [-0.3, -0.25) is 14.4 Å². The highest BCUT2D eigenvalue weighted by Gasteiger charge is 2.18. The molecule has 0 aliphatic carbocycles. The summed E-state index contributed by atoms with van der Waals surface area (Å²) < 4.78 is 5.57. The summed E-state index contributed by atoms with van der Waals surface area (Å²) in [6.07, 6.45) is 3.47. The molecule has 1 fully saturated rings. The van der Waals surface area contributed by atoms with Crippen molar-refractivity contribution >= 4 is 29.6 Å². The van der Waals surface area contributed by atoms with Gasteiger partial charge in [0.1, 0.15) is 5.75 Å². The molecule has 3 amide bonds. The van der Waals surface area contributed by atoms with Gasteiger partial charge in [-0.1, -0.05) is 18.2 Å². The first-order valence-electron chi connectivity index (χ1n) is 10.1. The van der Waals surface area contributed by atoms with Crippen LogP contribution in [0.4, 0.5) is 5.69 Å². The monoisotopic (exact) mass is 422 g/mol. The number of carbonyl (C=O) groups is 3. The molecule has 0 unspecified atom stereocenters. The molecule has 8 heteroatoms. The quantitative estimate of drug-likeness (QED) is 0.424. The molecule has 8 nitrogen and oxygen atoms in total. The van der Waals surface area contributed by atoms with Crippen LogP contribution in [0.25, 0.3) is 0 Å². The topological polar surface area (TPSA) is 100 Å². The van der Waals surface area contributed by atoms with E-state index in [0.717, 1.165) is 37.1 Å². The van der Waals surface area contributed by atoms with E-state index in [-0.39, 0.29) is 12.5 Å². The molecular formula is C23H26N4O4. The number of carbonyl (C=O) groups excluding carboxylic acids is 3. The highest BCUT2D eigenvalue weighted by atomic mass is 16.5. The van der Waals surface area contributed by atoms with E-state index in [1.807, 2.05) is 19.9 Å². The number of benzene rings is 2. The van der Waals surface area contributed by atoms with Crippen molar-refractivity contribution in [3.05, 3.63) is 59.2 Å². The van der Waals surface area contributed by atoms with Crippen LogP contribution in [0.2, 0.25) is 0 Å². The summed E-state index contributed by atoms with van der Waals surface area (Å²) in [7, 11) is 0. The fraction of sp³-hybridized carbons (Fsp3) is 0.304. The van der Waals surface area contributed by atoms with Crippen molar-refractivity contribution in [2.75, 3.05) is 25.0 Å². The van der Waals surface area contributed by atoms with E-state index < -0.39 is 11.8 Å². The molecule has 1 saturated heterocycles. The van der Waals surface area contributed by atoms with Crippen LogP contribution in [0.1, 0.15) is 29.5 Å². The number of hydrazone groups is 1. The third kappa shape index (κ3) is 6.40. The molecule has 2 N–H and O–H groups in total. The van der Waals surface area contributed by atoms with E-state index in [0.29, 0.717) is 17.0 Å². The molecule has 2 aromatic rings. The predicted molar refractivity (Wildman–Crippen MR) is 118 cm³/mol. The van der Waals surface area contributed by atoms with Gasteiger partial charge in [0, 0.05) is 18.8 Å². The fourth-order valence-corrected chi connectivity index (χ4v) is 3.11. The molecule has 1 heterocycles. The van der Waals surface area contributed by atoms with Crippen molar-refractivity contribution in [1.82, 2.24) is 10.3 Å². The lowest BCUT2D eigenvalue weighted by Gasteiger charge is -2.15. The maximum absolute atomic E-state index is 12.1. The highest BCUT2D eigenvalue weighted by molar-refractivity contribution is 6.39. The van der Waals surface area contributed by atoms with E-state index in [1.165, 1.54) is 6.21 Å². The van der Waals surface area contributed by atoms with Crippen LogP contribution in [0.5, 0.6) is 5.75 Å². The second-order valence-electron chi connectivity index (χ2n) is 7.40. The van der Waals surface area contributed by atoms with Gasteiger partial charge in [0.2, 0.25) is 0 Å². The van der Waals surface area contributed by atoms with Crippen molar-refractivity contribution < 1.29 is 19.1 Å². The predicted octanol–water partition coefficient (Wildman–Crippen LogP) is 2.39. The number of likely N-dealkylation sites (tertiary alicyclic amines) is 1. The summed E-state index contributed by atoms with van der Waals surface area (Å²) in [5.74, 6) is -1.19. The number of rotatable bonds is 6. The van der Waals surface area contributed by atoms with Crippen LogP contribution in [-0.4, -0.2) is 48.5 Å². The van der Waals surface area contributed by atoms with Crippen LogP contribution in [0.3, 0.4) is 0 Å². The Hall–Kier alpha value is -3.68. The van der Waals surface area contributed by atoms with Gasteiger partial charge in [-0.15, -0.1) is 0 Å². The third-order valence-electron chi connectivity index (χ3n) is 5.03. The molecule has 0 spiro atoms. The zero-order valence-corrected chi connectivity index (χ0v) is 17.7. The Balaban J connectivity index is 1.48. The Labute approximate surface area is 181 Å². The molecule has 0 bridgehead atoms. The molecule has 1 aliphatic rings. The molecule has 0 aromatic heterocycles. The summed E-state index contributed by atoms with van der Waals surface area (Å²) in [6.45, 7) is 5.44. The van der Waals surface area contributed by atoms with Gasteiger partial charge in [-0.05, 0) is 67.6 Å². The van der Waals surface area contributed by atoms with E-state index >= 15 is 0 Å². The van der Waals surface area contributed by atoms with E-state index in [4.69, 9.17) is 4.74 Å². The van der Waals surface area contributed by atoms with Gasteiger partial charge in [0.15, 0.2) is 6.61 Å². The van der Waals surface area contributed by atoms with Gasteiger partial charge in [-0.2, -0.15) is 5.10 Å². The number of nitrogens with zero attached hydrogens (tertiary/aromatic N) is 2. The molecular weight excluding hydrogens is 396 g/mol. The maximum atomic E-state index is 12.1. The van der Waals surface area contributed by atoms with Crippen molar-refractivity contribution in [1.29, 1.82) is 0 Å². The number of ether oxygens (including phenoxy) is 1. The smallest absolute Gasteiger partial charge is 0.329 e. The van der Waals surface area contributed by atoms with Gasteiger partial charge in [-0.25, -0.2) is 5.43 Å². The highest BCUT2D eigenvalue weighted by Crippen LogP contribution is 2.15. The number of hydrogen-bond acceptors (Lipinski definition) is 5. The van der Waals surface area contributed by atoms with E-state index in [1.54, 1.807) is 41.3 Å². The lowest BCUT2D eigenvalue weighted by Crippen LogP contribution is -2.32. The SMILES string of the molecule is Cc1ccc(NC(=O)C(=O)N/N=C\c2cccc(OCC(=O)N3CCCC3)c2)cc1C. The lowest BCUT2D eigenvalue weighted by molar-refractivity contribution is -0.136. The first kappa shape index (κ1) is 22.0. The number of anilines is 1. The minimum Gasteiger partial charge on any atom is -0.484 e. The average Bonchev–Trinajstić information content (AvgIpc) is 3.30. The van der Waals surface area contributed by atoms with Crippen LogP contribution in [-0.2, 0) is 14.4 Å². The van der Waals surface area contributed by atoms with Crippen molar-refractivity contribution in [2.24, 2.45) is 5.10 Å². The summed E-state index contributed by atoms with van der Waals surface area (Å²) in [5.41, 5.74) is 5.51. The molecule has 2 aromatic carbocycles. The largest absolute Gasteiger partial charge is 0.484 e. The summed E-state index contributed by atoms with van der Waals surface area (Å²) >= 11 is 0. The summed E-state index contributed by atoms with van der Waals surface area (Å²) in [6, 6.07) is 12.4. The second kappa shape index (κ2) is 10.4. The molecule has 3 rings (SSSR count). The zero-order chi connectivity index (χ0) is 22.2. The second-order valence-corrected chi connectivity index (χ2v) is 7.40. The Kier molecular flexibility index (Phi) is 7.37. The fourth-order valence-electron chi connectivity index (χ4n) is 3.11. The number of amides is 3. The third-order valence-corrected chi connectivity index (χ3v) is 5.03. The van der Waals surface area contributed by atoms with Crippen LogP contribution < -0.4 is 15.5 Å². The minimum atomic E-state index is -0.877. The molecule has 0 atom stereocenters. The van der Waals surface area contributed by atoms with Gasteiger partial charge in [0.05, 0.1) is 6.21 Å². The standard InChI is InChI=1S/C23H26N4O4/c1-16-8-9-19(12-17(16)2)25-22(29)23(30)26-24-14-18-6-5-7-20(13-18)31-15-21(28)27-10-3-4-11-27/h5-9,12-14H,3-4,10-11,15H2,1-2H3,(H,25,29)(H,26,30)/b24-14-. The first-order chi connectivity index (χ1) is 14.9. The van der Waals surface area contributed by atoms with Crippen molar-refractivity contribution in [2.45, 2.75) is 26.7 Å². The molecule has 31 heavy (non-hydrogen) atoms. The van der Waals surface area contributed by atoms with Crippen molar-refractivity contribution in [3.63, 3.8) is 0 Å². The minimum absolute atomic E-state index is 0.0179. The summed E-state index contributed by atoms with van der Waals surface area (Å²) in [5, 5.41) is 6.36. The maximum Gasteiger partial charge on any atom is 0.329 e. The molecule has 162 valence electrons. The van der Waals surface area contributed by atoms with Gasteiger partial charge >= 0.3 is 11.8 Å². The molecule has 1 aliphatic heterocycles. The zero-order valence-electron chi connectivity index (χ0n) is 17.7. The van der Waals surface area contributed by atoms with Crippen LogP contribution >= 0.6 is 0 Å².